The fourth-order valence-corrected chi connectivity index (χ4v) is 3.16. The topological polar surface area (TPSA) is 0 Å². The molecule has 0 saturated carbocycles. The van der Waals surface area contributed by atoms with Crippen LogP contribution in [-0.2, 0) is 5.41 Å². The van der Waals surface area contributed by atoms with Gasteiger partial charge in [-0.15, -0.1) is 0 Å². The summed E-state index contributed by atoms with van der Waals surface area (Å²) < 4.78 is 29.1. The molecule has 118 valence electrons. The Morgan fingerprint density at radius 3 is 2.00 bits per heavy atom. The molecular formula is C18H18Cl2F2. The fourth-order valence-electron chi connectivity index (χ4n) is 2.63. The van der Waals surface area contributed by atoms with Crippen molar-refractivity contribution in [1.29, 1.82) is 0 Å². The van der Waals surface area contributed by atoms with Crippen LogP contribution in [0.3, 0.4) is 0 Å². The standard InChI is InChI=1S/C18H18Cl2F2/c1-10(2)11-7-15(21)17(16(22)8-11)18(3,4)13-9-12(19)5-6-14(13)20/h5-10H,1-4H3. The summed E-state index contributed by atoms with van der Waals surface area (Å²) in [5.41, 5.74) is 0.288. The predicted molar refractivity (Wildman–Crippen MR) is 89.0 cm³/mol. The Hall–Kier alpha value is -1.12. The highest BCUT2D eigenvalue weighted by Gasteiger charge is 2.32. The highest BCUT2D eigenvalue weighted by Crippen LogP contribution is 2.40. The van der Waals surface area contributed by atoms with Crippen LogP contribution in [0.5, 0.6) is 0 Å². The van der Waals surface area contributed by atoms with Crippen LogP contribution in [0.25, 0.3) is 0 Å². The molecule has 2 aromatic carbocycles. The van der Waals surface area contributed by atoms with Crippen LogP contribution in [0.1, 0.15) is 50.3 Å². The first-order valence-corrected chi connectivity index (χ1v) is 7.85. The summed E-state index contributed by atoms with van der Waals surface area (Å²) in [5, 5.41) is 0.910. The van der Waals surface area contributed by atoms with Gasteiger partial charge in [-0.2, -0.15) is 0 Å². The lowest BCUT2D eigenvalue weighted by Crippen LogP contribution is -2.23. The first-order chi connectivity index (χ1) is 10.1. The summed E-state index contributed by atoms with van der Waals surface area (Å²) in [4.78, 5) is 0. The van der Waals surface area contributed by atoms with Crippen molar-refractivity contribution < 1.29 is 8.78 Å². The second-order valence-corrected chi connectivity index (χ2v) is 7.11. The lowest BCUT2D eigenvalue weighted by Gasteiger charge is -2.28. The first kappa shape index (κ1) is 17.2. The normalized spacial score (nSPS) is 12.0. The molecule has 0 radical (unpaired) electrons. The number of halogens is 4. The molecule has 0 nitrogen and oxygen atoms in total. The molecule has 0 saturated heterocycles. The Morgan fingerprint density at radius 1 is 0.955 bits per heavy atom. The number of hydrogen-bond acceptors (Lipinski definition) is 0. The Bertz CT molecular complexity index is 683. The van der Waals surface area contributed by atoms with Crippen molar-refractivity contribution in [3.8, 4) is 0 Å². The van der Waals surface area contributed by atoms with Gasteiger partial charge in [0.15, 0.2) is 0 Å². The molecule has 0 bridgehead atoms. The molecule has 0 amide bonds. The van der Waals surface area contributed by atoms with Gasteiger partial charge in [0.2, 0.25) is 0 Å². The minimum Gasteiger partial charge on any atom is -0.207 e. The maximum atomic E-state index is 14.6. The molecule has 4 heteroatoms. The summed E-state index contributed by atoms with van der Waals surface area (Å²) in [5.74, 6) is -1.08. The fraction of sp³-hybridized carbons (Fsp3) is 0.333. The van der Waals surface area contributed by atoms with Gasteiger partial charge in [0, 0.05) is 21.0 Å². The van der Waals surface area contributed by atoms with E-state index < -0.39 is 17.0 Å². The molecule has 0 fully saturated rings. The lowest BCUT2D eigenvalue weighted by atomic mass is 9.77. The number of benzene rings is 2. The van der Waals surface area contributed by atoms with E-state index in [1.54, 1.807) is 32.0 Å². The van der Waals surface area contributed by atoms with Crippen LogP contribution in [0.4, 0.5) is 8.78 Å². The zero-order chi connectivity index (χ0) is 16.7. The van der Waals surface area contributed by atoms with Crippen molar-refractivity contribution in [2.24, 2.45) is 0 Å². The molecule has 0 N–H and O–H groups in total. The van der Waals surface area contributed by atoms with Gasteiger partial charge in [0.05, 0.1) is 0 Å². The molecule has 0 unspecified atom stereocenters. The van der Waals surface area contributed by atoms with Crippen molar-refractivity contribution in [2.75, 3.05) is 0 Å². The number of rotatable bonds is 3. The van der Waals surface area contributed by atoms with Crippen molar-refractivity contribution in [1.82, 2.24) is 0 Å². The second kappa shape index (κ2) is 6.17. The monoisotopic (exact) mass is 342 g/mol. The highest BCUT2D eigenvalue weighted by atomic mass is 35.5. The van der Waals surface area contributed by atoms with Crippen molar-refractivity contribution in [3.63, 3.8) is 0 Å². The number of hydrogen-bond donors (Lipinski definition) is 0. The molecule has 0 aliphatic heterocycles. The first-order valence-electron chi connectivity index (χ1n) is 7.09. The summed E-state index contributed by atoms with van der Waals surface area (Å²) in [6.07, 6.45) is 0. The zero-order valence-electron chi connectivity index (χ0n) is 13.0. The lowest BCUT2D eigenvalue weighted by molar-refractivity contribution is 0.492. The molecule has 0 aliphatic rings. The Morgan fingerprint density at radius 2 is 1.50 bits per heavy atom. The van der Waals surface area contributed by atoms with Gasteiger partial charge < -0.3 is 0 Å². The summed E-state index contributed by atoms with van der Waals surface area (Å²) in [7, 11) is 0. The van der Waals surface area contributed by atoms with Gasteiger partial charge in [0.1, 0.15) is 11.6 Å². The highest BCUT2D eigenvalue weighted by molar-refractivity contribution is 6.33. The maximum Gasteiger partial charge on any atom is 0.130 e. The quantitative estimate of drug-likeness (QED) is 0.580. The molecule has 22 heavy (non-hydrogen) atoms. The van der Waals surface area contributed by atoms with E-state index >= 15 is 0 Å². The van der Waals surface area contributed by atoms with Crippen LogP contribution < -0.4 is 0 Å². The van der Waals surface area contributed by atoms with E-state index in [1.807, 2.05) is 13.8 Å². The average Bonchev–Trinajstić information content (AvgIpc) is 2.40. The van der Waals surface area contributed by atoms with Crippen LogP contribution in [0, 0.1) is 11.6 Å². The molecule has 2 rings (SSSR count). The SMILES string of the molecule is CC(C)c1cc(F)c(C(C)(C)c2cc(Cl)ccc2Cl)c(F)c1. The molecule has 0 atom stereocenters. The van der Waals surface area contributed by atoms with Gasteiger partial charge in [-0.05, 0) is 47.4 Å². The molecular weight excluding hydrogens is 325 g/mol. The third-order valence-corrected chi connectivity index (χ3v) is 4.52. The van der Waals surface area contributed by atoms with E-state index in [1.165, 1.54) is 12.1 Å². The maximum absolute atomic E-state index is 14.6. The predicted octanol–water partition coefficient (Wildman–Crippen LogP) is 6.72. The van der Waals surface area contributed by atoms with Crippen LogP contribution in [-0.4, -0.2) is 0 Å². The van der Waals surface area contributed by atoms with Gasteiger partial charge in [-0.1, -0.05) is 50.9 Å². The van der Waals surface area contributed by atoms with Crippen molar-refractivity contribution in [3.05, 3.63) is 68.7 Å². The van der Waals surface area contributed by atoms with Crippen molar-refractivity contribution >= 4 is 23.2 Å². The van der Waals surface area contributed by atoms with E-state index in [4.69, 9.17) is 23.2 Å². The Kier molecular flexibility index (Phi) is 4.84. The molecule has 0 aromatic heterocycles. The minimum atomic E-state index is -0.939. The van der Waals surface area contributed by atoms with E-state index in [0.717, 1.165) is 0 Å². The molecule has 0 aliphatic carbocycles. The third-order valence-electron chi connectivity index (χ3n) is 3.96. The van der Waals surface area contributed by atoms with E-state index in [2.05, 4.69) is 0 Å². The van der Waals surface area contributed by atoms with Crippen molar-refractivity contribution in [2.45, 2.75) is 39.0 Å². The molecule has 2 aromatic rings. The smallest absolute Gasteiger partial charge is 0.130 e. The van der Waals surface area contributed by atoms with Crippen LogP contribution in [0.2, 0.25) is 10.0 Å². The van der Waals surface area contributed by atoms with E-state index in [-0.39, 0.29) is 11.5 Å². The Balaban J connectivity index is 2.66. The van der Waals surface area contributed by atoms with Crippen LogP contribution >= 0.6 is 23.2 Å². The molecule has 0 spiro atoms. The summed E-state index contributed by atoms with van der Waals surface area (Å²) in [6, 6.07) is 7.73. The Labute approximate surface area is 140 Å². The van der Waals surface area contributed by atoms with Gasteiger partial charge >= 0.3 is 0 Å². The average molecular weight is 343 g/mol. The van der Waals surface area contributed by atoms with E-state index in [9.17, 15) is 8.78 Å². The summed E-state index contributed by atoms with van der Waals surface area (Å²) in [6.45, 7) is 7.27. The largest absolute Gasteiger partial charge is 0.207 e. The minimum absolute atomic E-state index is 0.000988. The summed E-state index contributed by atoms with van der Waals surface area (Å²) >= 11 is 12.2. The van der Waals surface area contributed by atoms with E-state index in [0.29, 0.717) is 21.2 Å². The zero-order valence-corrected chi connectivity index (χ0v) is 14.5. The molecule has 0 heterocycles. The third kappa shape index (κ3) is 3.13. The van der Waals surface area contributed by atoms with Gasteiger partial charge in [-0.25, -0.2) is 8.78 Å². The van der Waals surface area contributed by atoms with Crippen LogP contribution in [0.15, 0.2) is 30.3 Å². The second-order valence-electron chi connectivity index (χ2n) is 6.26. The van der Waals surface area contributed by atoms with Gasteiger partial charge in [-0.3, -0.25) is 0 Å². The van der Waals surface area contributed by atoms with Gasteiger partial charge in [0.25, 0.3) is 0 Å².